The number of carbonyl (C=O) groups excluding carboxylic acids is 1. The summed E-state index contributed by atoms with van der Waals surface area (Å²) in [6, 6.07) is 11.1. The van der Waals surface area contributed by atoms with E-state index in [9.17, 15) is 33.5 Å². The third-order valence-corrected chi connectivity index (χ3v) is 14.2. The van der Waals surface area contributed by atoms with Crippen molar-refractivity contribution in [2.24, 2.45) is 0 Å². The number of nitrogens with one attached hydrogen (secondary N) is 1. The van der Waals surface area contributed by atoms with Crippen molar-refractivity contribution in [2.45, 2.75) is 61.9 Å². The van der Waals surface area contributed by atoms with Crippen LogP contribution >= 0.6 is 26.0 Å². The van der Waals surface area contributed by atoms with Crippen molar-refractivity contribution in [3.05, 3.63) is 105 Å². The molecule has 8 rings (SSSR count). The number of carbonyl (C=O) groups is 1. The fraction of sp³-hybridized carbons (Fsp3) is 0.353. The van der Waals surface area contributed by atoms with E-state index in [1.165, 1.54) is 53.4 Å². The van der Waals surface area contributed by atoms with E-state index in [-0.39, 0.29) is 39.8 Å². The van der Waals surface area contributed by atoms with Crippen LogP contribution in [0.3, 0.4) is 0 Å². The van der Waals surface area contributed by atoms with Crippen LogP contribution < -0.4 is 21.7 Å². The summed E-state index contributed by atoms with van der Waals surface area (Å²) >= 11 is 0.552. The highest BCUT2D eigenvalue weighted by molar-refractivity contribution is 8.54. The number of rotatable bonds is 7. The molecule has 3 aliphatic heterocycles. The lowest BCUT2D eigenvalue weighted by Crippen LogP contribution is -2.36. The molecule has 3 fully saturated rings. The molecule has 0 radical (unpaired) electrons. The number of phenolic OH excluding ortho intramolecular Hbond substituents is 1. The second kappa shape index (κ2) is 16.5. The average Bonchev–Trinajstić information content (AvgIpc) is 3.86. The largest absolute Gasteiger partial charge is 0.508 e. The summed E-state index contributed by atoms with van der Waals surface area (Å²) in [5.41, 5.74) is 5.38. The number of aromatic hydroxyl groups is 1. The van der Waals surface area contributed by atoms with Gasteiger partial charge in [0.15, 0.2) is 36.3 Å². The smallest absolute Gasteiger partial charge is 0.472 e. The zero-order chi connectivity index (χ0) is 42.5. The molecule has 0 amide bonds. The van der Waals surface area contributed by atoms with Gasteiger partial charge in [0, 0.05) is 18.0 Å². The Morgan fingerprint density at radius 2 is 1.72 bits per heavy atom. The first-order valence-corrected chi connectivity index (χ1v) is 22.4. The normalized spacial score (nSPS) is 30.9. The van der Waals surface area contributed by atoms with E-state index in [1.54, 1.807) is 6.92 Å². The molecule has 3 aliphatic rings. The number of aryl methyl sites for hydroxylation is 1. The van der Waals surface area contributed by atoms with Crippen molar-refractivity contribution >= 4 is 49.0 Å². The molecule has 3 aromatic heterocycles. The van der Waals surface area contributed by atoms with Gasteiger partial charge in [-0.25, -0.2) is 42.5 Å². The molecule has 0 spiro atoms. The Balaban J connectivity index is 1.08. The topological polar surface area (TPSA) is 281 Å². The van der Waals surface area contributed by atoms with Crippen LogP contribution in [0.15, 0.2) is 77.0 Å². The molecule has 21 nitrogen and oxygen atoms in total. The van der Waals surface area contributed by atoms with Crippen LogP contribution in [0.5, 0.6) is 11.5 Å². The molecule has 2 unspecified atom stereocenters. The molecule has 2 aromatic carbocycles. The van der Waals surface area contributed by atoms with E-state index in [0.717, 1.165) is 18.6 Å². The number of H-pyrrole nitrogens is 1. The summed E-state index contributed by atoms with van der Waals surface area (Å²) in [6.07, 6.45) is -11.9. The van der Waals surface area contributed by atoms with Crippen LogP contribution in [0.25, 0.3) is 11.2 Å². The lowest BCUT2D eigenvalue weighted by atomic mass is 10.1. The van der Waals surface area contributed by atoms with E-state index >= 15 is 8.78 Å². The second-order valence-electron chi connectivity index (χ2n) is 13.6. The minimum atomic E-state index is -5.28. The predicted octanol–water partition coefficient (Wildman–Crippen LogP) is 3.62. The minimum Gasteiger partial charge on any atom is -0.508 e. The third kappa shape index (κ3) is 8.53. The Bertz CT molecular complexity index is 2660. The maximum absolute atomic E-state index is 16.4. The first-order chi connectivity index (χ1) is 28.6. The van der Waals surface area contributed by atoms with Gasteiger partial charge in [-0.2, -0.15) is 0 Å². The number of aromatic amines is 1. The van der Waals surface area contributed by atoms with E-state index in [0.29, 0.717) is 27.1 Å². The lowest BCUT2D eigenvalue weighted by Gasteiger charge is -2.27. The number of alkyl halides is 2. The van der Waals surface area contributed by atoms with Gasteiger partial charge in [-0.15, -0.1) is 0 Å². The number of phosphoric acid groups is 1. The standard InChI is InChI=1S/C34H33F2N7O14P2S/c1-16-10-18(44)4-7-20(16)33(46)53-19-5-2-17(3-6-19)13-60-59(50)52-11-21-24(35)28(32(54-21)43-15-40-26-29(37)38-14-39-30(26)43)56-58(48,49)51-12-22-27(57-59)25(36)31(55-22)42-9-8-23(45)41-34(42)47/h2-10,14-15,21-22,24-25,27-28,31-32,44H,11-13H2,1H3,(H,48,49)(H2,37,38,39)(H,41,45,47)/t21-,22-,24-,25-,27-,28-,31-,32-,59?/m1/s1. The van der Waals surface area contributed by atoms with Gasteiger partial charge in [-0.05, 0) is 59.8 Å². The number of ether oxygens (including phenoxy) is 3. The highest BCUT2D eigenvalue weighted by Crippen LogP contribution is 2.64. The number of hydrogen-bond acceptors (Lipinski definition) is 18. The number of benzene rings is 2. The van der Waals surface area contributed by atoms with E-state index in [4.69, 9.17) is 38.0 Å². The summed E-state index contributed by atoms with van der Waals surface area (Å²) in [5.74, 6) is -0.731. The van der Waals surface area contributed by atoms with E-state index in [1.807, 2.05) is 4.98 Å². The van der Waals surface area contributed by atoms with Gasteiger partial charge in [0.2, 0.25) is 0 Å². The number of hydrogen-bond donors (Lipinski definition) is 4. The van der Waals surface area contributed by atoms with Gasteiger partial charge in [0.1, 0.15) is 47.8 Å². The Hall–Kier alpha value is -4.87. The molecule has 0 aliphatic carbocycles. The number of aromatic nitrogens is 6. The first kappa shape index (κ1) is 41.8. The van der Waals surface area contributed by atoms with Crippen molar-refractivity contribution in [2.75, 3.05) is 18.9 Å². The molecular formula is C34H33F2N7O14P2S. The minimum absolute atomic E-state index is 0.0198. The zero-order valence-electron chi connectivity index (χ0n) is 30.8. The fourth-order valence-electron chi connectivity index (χ4n) is 6.64. The van der Waals surface area contributed by atoms with Gasteiger partial charge in [0.25, 0.3) is 5.56 Å². The Labute approximate surface area is 339 Å². The maximum atomic E-state index is 16.4. The van der Waals surface area contributed by atoms with Gasteiger partial charge in [0.05, 0.1) is 25.1 Å². The monoisotopic (exact) mass is 895 g/mol. The molecule has 318 valence electrons. The van der Waals surface area contributed by atoms with Gasteiger partial charge < -0.3 is 29.9 Å². The SMILES string of the molecule is Cc1cc(O)ccc1C(=O)Oc1ccc(CSP2(=O)OC[C@H]3O[C@@H](n4cnc5c(N)ncnc54)[C@H](OP(=O)(O)OC[C@H]4O[C@@H](n5ccc(=O)[nH]c5=O)[C@H](F)[C@@H]4O2)[C@@H]3F)cc1. The van der Waals surface area contributed by atoms with Crippen LogP contribution in [0.4, 0.5) is 14.6 Å². The number of fused-ring (bicyclic) bond motifs is 4. The number of nitrogen functional groups attached to an aromatic ring is 1. The molecule has 26 heteroatoms. The van der Waals surface area contributed by atoms with Crippen molar-refractivity contribution in [3.8, 4) is 11.5 Å². The Morgan fingerprint density at radius 3 is 2.47 bits per heavy atom. The summed E-state index contributed by atoms with van der Waals surface area (Å²) in [6.45, 7) is -4.88. The Morgan fingerprint density at radius 1 is 0.967 bits per heavy atom. The molecule has 5 aromatic rings. The molecule has 5 N–H and O–H groups in total. The fourth-order valence-corrected chi connectivity index (χ4v) is 10.9. The van der Waals surface area contributed by atoms with Gasteiger partial charge >= 0.3 is 26.3 Å². The van der Waals surface area contributed by atoms with E-state index in [2.05, 4.69) is 15.0 Å². The van der Waals surface area contributed by atoms with E-state index < -0.39 is 94.3 Å². The summed E-state index contributed by atoms with van der Waals surface area (Å²) in [7, 11) is -5.28. The van der Waals surface area contributed by atoms with Gasteiger partial charge in [-0.3, -0.25) is 37.0 Å². The number of esters is 1. The maximum Gasteiger partial charge on any atom is 0.472 e. The highest BCUT2D eigenvalue weighted by Gasteiger charge is 2.55. The molecule has 3 saturated heterocycles. The zero-order valence-corrected chi connectivity index (χ0v) is 33.4. The molecule has 60 heavy (non-hydrogen) atoms. The van der Waals surface area contributed by atoms with Crippen molar-refractivity contribution in [3.63, 3.8) is 0 Å². The number of nitrogens with two attached hydrogens (primary N) is 1. The lowest BCUT2D eigenvalue weighted by molar-refractivity contribution is -0.0640. The number of imidazole rings is 1. The second-order valence-corrected chi connectivity index (χ2v) is 19.0. The Kier molecular flexibility index (Phi) is 11.5. The number of anilines is 1. The number of phenols is 1. The van der Waals surface area contributed by atoms with Gasteiger partial charge in [-0.1, -0.05) is 12.1 Å². The number of phosphoric ester groups is 1. The number of halogens is 2. The molecule has 6 heterocycles. The molecular weight excluding hydrogens is 862 g/mol. The summed E-state index contributed by atoms with van der Waals surface area (Å²) < 4.78 is 102. The highest BCUT2D eigenvalue weighted by atomic mass is 32.7. The van der Waals surface area contributed by atoms with Crippen LogP contribution in [-0.2, 0) is 42.5 Å². The molecule has 10 atom stereocenters. The number of nitrogens with zero attached hydrogens (tertiary/aromatic N) is 5. The van der Waals surface area contributed by atoms with Crippen LogP contribution in [-0.4, -0.2) is 95.0 Å². The van der Waals surface area contributed by atoms with Crippen molar-refractivity contribution < 1.29 is 65.0 Å². The predicted molar refractivity (Wildman–Crippen MR) is 203 cm³/mol. The van der Waals surface area contributed by atoms with Crippen LogP contribution in [0.1, 0.15) is 33.9 Å². The molecule has 2 bridgehead atoms. The average molecular weight is 896 g/mol. The van der Waals surface area contributed by atoms with Crippen molar-refractivity contribution in [1.82, 2.24) is 29.1 Å². The third-order valence-electron chi connectivity index (χ3n) is 9.58. The summed E-state index contributed by atoms with van der Waals surface area (Å²) in [4.78, 5) is 62.1. The summed E-state index contributed by atoms with van der Waals surface area (Å²) in [5, 5.41) is 9.67. The quantitative estimate of drug-likeness (QED) is 0.103. The van der Waals surface area contributed by atoms with Crippen LogP contribution in [0.2, 0.25) is 0 Å². The van der Waals surface area contributed by atoms with Crippen molar-refractivity contribution in [1.29, 1.82) is 0 Å². The molecule has 0 saturated carbocycles. The van der Waals surface area contributed by atoms with Crippen LogP contribution in [0, 0.1) is 6.92 Å². The first-order valence-electron chi connectivity index (χ1n) is 17.8.